The summed E-state index contributed by atoms with van der Waals surface area (Å²) in [6.45, 7) is 0. The number of hydrogen-bond acceptors (Lipinski definition) is 5. The van der Waals surface area contributed by atoms with Crippen LogP contribution in [0.15, 0.2) is 137 Å². The molecule has 8 aromatic rings. The van der Waals surface area contributed by atoms with Crippen molar-refractivity contribution in [2.75, 3.05) is 0 Å². The highest BCUT2D eigenvalue weighted by Crippen LogP contribution is 2.52. The lowest BCUT2D eigenvalue weighted by molar-refractivity contribution is 0.461. The fourth-order valence-corrected chi connectivity index (χ4v) is 9.21. The third-order valence-corrected chi connectivity index (χ3v) is 11.6. The molecule has 0 saturated heterocycles. The molecular formula is C43H31N3OS. The van der Waals surface area contributed by atoms with E-state index in [-0.39, 0.29) is 0 Å². The predicted octanol–water partition coefficient (Wildman–Crippen LogP) is 11.7. The van der Waals surface area contributed by atoms with Crippen LogP contribution in [0.2, 0.25) is 0 Å². The highest BCUT2D eigenvalue weighted by molar-refractivity contribution is 8.00. The molecule has 0 bridgehead atoms. The fraction of sp³-hybridized carbons (Fsp3) is 0.140. The SMILES string of the molecule is c1ccc(-c2nc(-c3ccc4c(c3)C3CCCCC3S4)nc(-c3ccc4c(c3)oc3cc(-c5ccc6ccccc6c5)ccc34)n2)cc1. The van der Waals surface area contributed by atoms with Gasteiger partial charge in [-0.05, 0) is 88.7 Å². The van der Waals surface area contributed by atoms with Gasteiger partial charge < -0.3 is 4.42 Å². The number of thioether (sulfide) groups is 1. The molecule has 2 aromatic heterocycles. The van der Waals surface area contributed by atoms with Crippen LogP contribution in [0.25, 0.3) is 78.0 Å². The Morgan fingerprint density at radius 1 is 0.500 bits per heavy atom. The first-order valence-electron chi connectivity index (χ1n) is 16.8. The molecule has 2 unspecified atom stereocenters. The maximum Gasteiger partial charge on any atom is 0.164 e. The van der Waals surface area contributed by atoms with Crippen LogP contribution in [-0.2, 0) is 0 Å². The number of furan rings is 1. The van der Waals surface area contributed by atoms with Gasteiger partial charge in [0.1, 0.15) is 11.2 Å². The summed E-state index contributed by atoms with van der Waals surface area (Å²) in [7, 11) is 0. The molecule has 4 nitrogen and oxygen atoms in total. The topological polar surface area (TPSA) is 51.8 Å². The highest BCUT2D eigenvalue weighted by atomic mass is 32.2. The van der Waals surface area contributed by atoms with Crippen molar-refractivity contribution in [3.8, 4) is 45.3 Å². The van der Waals surface area contributed by atoms with Crippen LogP contribution in [0.5, 0.6) is 0 Å². The molecule has 10 rings (SSSR count). The first-order chi connectivity index (χ1) is 23.7. The Hall–Kier alpha value is -5.26. The third-order valence-electron chi connectivity index (χ3n) is 10.1. The first-order valence-corrected chi connectivity index (χ1v) is 17.7. The van der Waals surface area contributed by atoms with Gasteiger partial charge >= 0.3 is 0 Å². The monoisotopic (exact) mass is 637 g/mol. The van der Waals surface area contributed by atoms with Crippen molar-refractivity contribution in [1.82, 2.24) is 15.0 Å². The second kappa shape index (κ2) is 11.2. The van der Waals surface area contributed by atoms with Crippen molar-refractivity contribution in [3.63, 3.8) is 0 Å². The van der Waals surface area contributed by atoms with E-state index in [0.717, 1.165) is 44.2 Å². The molecule has 0 amide bonds. The summed E-state index contributed by atoms with van der Waals surface area (Å²) in [4.78, 5) is 16.6. The molecule has 6 aromatic carbocycles. The molecule has 1 saturated carbocycles. The zero-order chi connectivity index (χ0) is 31.6. The molecule has 5 heteroatoms. The predicted molar refractivity (Wildman–Crippen MR) is 197 cm³/mol. The third kappa shape index (κ3) is 4.72. The Bertz CT molecular complexity index is 2520. The molecule has 1 fully saturated rings. The van der Waals surface area contributed by atoms with E-state index < -0.39 is 0 Å². The molecule has 1 aliphatic heterocycles. The number of aromatic nitrogens is 3. The molecule has 1 aliphatic carbocycles. The van der Waals surface area contributed by atoms with E-state index in [0.29, 0.717) is 28.6 Å². The zero-order valence-electron chi connectivity index (χ0n) is 26.3. The summed E-state index contributed by atoms with van der Waals surface area (Å²) in [5.41, 5.74) is 8.38. The number of rotatable bonds is 4. The Balaban J connectivity index is 1.07. The van der Waals surface area contributed by atoms with Crippen LogP contribution in [0.4, 0.5) is 0 Å². The fourth-order valence-electron chi connectivity index (χ4n) is 7.66. The van der Waals surface area contributed by atoms with E-state index in [1.807, 2.05) is 18.2 Å². The van der Waals surface area contributed by atoms with E-state index in [1.54, 1.807) is 0 Å². The van der Waals surface area contributed by atoms with Crippen LogP contribution in [0, 0.1) is 0 Å². The van der Waals surface area contributed by atoms with Crippen molar-refractivity contribution in [2.45, 2.75) is 41.7 Å². The van der Waals surface area contributed by atoms with Crippen molar-refractivity contribution >= 4 is 44.5 Å². The van der Waals surface area contributed by atoms with Gasteiger partial charge in [0.25, 0.3) is 0 Å². The van der Waals surface area contributed by atoms with Crippen molar-refractivity contribution in [3.05, 3.63) is 133 Å². The highest BCUT2D eigenvalue weighted by Gasteiger charge is 2.35. The second-order valence-electron chi connectivity index (χ2n) is 13.1. The Labute approximate surface area is 282 Å². The zero-order valence-corrected chi connectivity index (χ0v) is 27.1. The second-order valence-corrected chi connectivity index (χ2v) is 14.3. The first kappa shape index (κ1) is 27.8. The standard InChI is InChI=1S/C43H31N3OS/c1-2-9-27(10-3-1)41-44-42(31-18-21-40-36(23-31)35-12-6-7-13-39(35)48-40)46-43(45-41)32-17-20-34-33-19-16-30(24-37(33)47-38(34)25-32)29-15-14-26-8-4-5-11-28(26)22-29/h1-5,8-11,14-25,35,39H,6-7,12-13H2. The summed E-state index contributed by atoms with van der Waals surface area (Å²) in [5, 5.41) is 5.35. The van der Waals surface area contributed by atoms with Gasteiger partial charge in [-0.25, -0.2) is 15.0 Å². The number of benzene rings is 6. The maximum absolute atomic E-state index is 6.52. The van der Waals surface area contributed by atoms with Crippen molar-refractivity contribution in [1.29, 1.82) is 0 Å². The minimum Gasteiger partial charge on any atom is -0.456 e. The van der Waals surface area contributed by atoms with Crippen LogP contribution in [0.1, 0.15) is 37.2 Å². The molecule has 48 heavy (non-hydrogen) atoms. The quantitative estimate of drug-likeness (QED) is 0.192. The van der Waals surface area contributed by atoms with Gasteiger partial charge in [0.15, 0.2) is 17.5 Å². The minimum atomic E-state index is 0.630. The van der Waals surface area contributed by atoms with E-state index in [9.17, 15) is 0 Å². The molecule has 0 spiro atoms. The Morgan fingerprint density at radius 3 is 1.92 bits per heavy atom. The van der Waals surface area contributed by atoms with Gasteiger partial charge in [-0.3, -0.25) is 0 Å². The summed E-state index contributed by atoms with van der Waals surface area (Å²) < 4.78 is 6.52. The summed E-state index contributed by atoms with van der Waals surface area (Å²) >= 11 is 2.06. The molecular weight excluding hydrogens is 607 g/mol. The summed E-state index contributed by atoms with van der Waals surface area (Å²) in [5.74, 6) is 2.65. The minimum absolute atomic E-state index is 0.630. The van der Waals surface area contributed by atoms with Crippen molar-refractivity contribution in [2.24, 2.45) is 0 Å². The van der Waals surface area contributed by atoms with Gasteiger partial charge in [0.05, 0.1) is 0 Å². The van der Waals surface area contributed by atoms with E-state index in [4.69, 9.17) is 19.4 Å². The number of fused-ring (bicyclic) bond motifs is 7. The van der Waals surface area contributed by atoms with Crippen LogP contribution >= 0.6 is 11.8 Å². The molecule has 0 N–H and O–H groups in total. The van der Waals surface area contributed by atoms with Gasteiger partial charge in [-0.1, -0.05) is 97.8 Å². The van der Waals surface area contributed by atoms with Gasteiger partial charge in [0, 0.05) is 37.6 Å². The Morgan fingerprint density at radius 2 is 1.10 bits per heavy atom. The molecule has 2 aliphatic rings. The van der Waals surface area contributed by atoms with Crippen molar-refractivity contribution < 1.29 is 4.42 Å². The number of hydrogen-bond donors (Lipinski definition) is 0. The average molecular weight is 638 g/mol. The van der Waals surface area contributed by atoms with Gasteiger partial charge in [-0.15, -0.1) is 11.8 Å². The van der Waals surface area contributed by atoms with E-state index in [2.05, 4.69) is 121 Å². The van der Waals surface area contributed by atoms with E-state index in [1.165, 1.54) is 52.5 Å². The molecule has 0 radical (unpaired) electrons. The molecule has 2 atom stereocenters. The van der Waals surface area contributed by atoms with Gasteiger partial charge in [0.2, 0.25) is 0 Å². The normalized spacial score (nSPS) is 17.2. The van der Waals surface area contributed by atoms with Crippen LogP contribution in [0.3, 0.4) is 0 Å². The number of nitrogens with zero attached hydrogens (tertiary/aromatic N) is 3. The average Bonchev–Trinajstić information content (AvgIpc) is 3.72. The molecule has 230 valence electrons. The lowest BCUT2D eigenvalue weighted by atomic mass is 9.83. The van der Waals surface area contributed by atoms with Crippen LogP contribution in [-0.4, -0.2) is 20.2 Å². The lowest BCUT2D eigenvalue weighted by Crippen LogP contribution is -2.15. The summed E-state index contributed by atoms with van der Waals surface area (Å²) in [6.07, 6.45) is 5.23. The summed E-state index contributed by atoms with van der Waals surface area (Å²) in [6, 6.07) is 44.9. The Kier molecular flexibility index (Phi) is 6.48. The smallest absolute Gasteiger partial charge is 0.164 e. The largest absolute Gasteiger partial charge is 0.456 e. The molecule has 3 heterocycles. The van der Waals surface area contributed by atoms with E-state index >= 15 is 0 Å². The van der Waals surface area contributed by atoms with Crippen LogP contribution < -0.4 is 0 Å². The van der Waals surface area contributed by atoms with Gasteiger partial charge in [-0.2, -0.15) is 0 Å². The maximum atomic E-state index is 6.52. The lowest BCUT2D eigenvalue weighted by Gasteiger charge is -2.24.